The van der Waals surface area contributed by atoms with Crippen molar-refractivity contribution in [3.8, 4) is 0 Å². The Morgan fingerprint density at radius 1 is 1.29 bits per heavy atom. The van der Waals surface area contributed by atoms with E-state index in [-0.39, 0.29) is 0 Å². The van der Waals surface area contributed by atoms with Crippen LogP contribution in [0.1, 0.15) is 44.4 Å². The standard InChI is InChI=1S/C17H29N3O/c1-3-9-18-12-15-5-6-16(19-13-15)14-20-10-7-17(8-11-20)21-4-2/h5-6,13,17-18H,3-4,7-12,14H2,1-2H3. The van der Waals surface area contributed by atoms with Crippen molar-refractivity contribution in [1.82, 2.24) is 15.2 Å². The zero-order chi connectivity index (χ0) is 14.9. The lowest BCUT2D eigenvalue weighted by Crippen LogP contribution is -2.36. The molecule has 0 amide bonds. The van der Waals surface area contributed by atoms with Crippen LogP contribution in [-0.2, 0) is 17.8 Å². The summed E-state index contributed by atoms with van der Waals surface area (Å²) < 4.78 is 5.69. The number of nitrogens with zero attached hydrogens (tertiary/aromatic N) is 2. The summed E-state index contributed by atoms with van der Waals surface area (Å²) in [7, 11) is 0. The van der Waals surface area contributed by atoms with Gasteiger partial charge in [-0.2, -0.15) is 0 Å². The minimum atomic E-state index is 0.464. The maximum atomic E-state index is 5.69. The number of likely N-dealkylation sites (tertiary alicyclic amines) is 1. The number of piperidine rings is 1. The Bertz CT molecular complexity index is 386. The maximum absolute atomic E-state index is 5.69. The van der Waals surface area contributed by atoms with Crippen LogP contribution >= 0.6 is 0 Å². The maximum Gasteiger partial charge on any atom is 0.0599 e. The first-order chi connectivity index (χ1) is 10.3. The van der Waals surface area contributed by atoms with Gasteiger partial charge in [0.2, 0.25) is 0 Å². The van der Waals surface area contributed by atoms with Crippen LogP contribution in [0.5, 0.6) is 0 Å². The van der Waals surface area contributed by atoms with Gasteiger partial charge in [0.25, 0.3) is 0 Å². The van der Waals surface area contributed by atoms with E-state index in [9.17, 15) is 0 Å². The van der Waals surface area contributed by atoms with Crippen LogP contribution in [-0.4, -0.2) is 42.2 Å². The molecule has 4 nitrogen and oxygen atoms in total. The summed E-state index contributed by atoms with van der Waals surface area (Å²) in [6.45, 7) is 10.3. The first-order valence-electron chi connectivity index (χ1n) is 8.30. The van der Waals surface area contributed by atoms with Crippen LogP contribution in [0.3, 0.4) is 0 Å². The van der Waals surface area contributed by atoms with Crippen LogP contribution in [0.4, 0.5) is 0 Å². The summed E-state index contributed by atoms with van der Waals surface area (Å²) >= 11 is 0. The summed E-state index contributed by atoms with van der Waals surface area (Å²) in [4.78, 5) is 7.07. The van der Waals surface area contributed by atoms with E-state index < -0.39 is 0 Å². The number of hydrogen-bond acceptors (Lipinski definition) is 4. The second-order valence-electron chi connectivity index (χ2n) is 5.77. The minimum absolute atomic E-state index is 0.464. The van der Waals surface area contributed by atoms with Gasteiger partial charge in [-0.1, -0.05) is 13.0 Å². The molecule has 0 spiro atoms. The number of ether oxygens (including phenoxy) is 1. The zero-order valence-corrected chi connectivity index (χ0v) is 13.5. The molecule has 0 aliphatic carbocycles. The molecule has 2 heterocycles. The SMILES string of the molecule is CCCNCc1ccc(CN2CCC(OCC)CC2)nc1. The largest absolute Gasteiger partial charge is 0.378 e. The van der Waals surface area contributed by atoms with Crippen molar-refractivity contribution in [2.24, 2.45) is 0 Å². The van der Waals surface area contributed by atoms with Crippen LogP contribution in [0, 0.1) is 0 Å². The van der Waals surface area contributed by atoms with E-state index in [1.807, 2.05) is 6.20 Å². The van der Waals surface area contributed by atoms with Gasteiger partial charge in [-0.25, -0.2) is 0 Å². The van der Waals surface area contributed by atoms with Crippen molar-refractivity contribution >= 4 is 0 Å². The predicted molar refractivity (Wildman–Crippen MR) is 86.2 cm³/mol. The van der Waals surface area contributed by atoms with E-state index in [1.165, 1.54) is 17.7 Å². The summed E-state index contributed by atoms with van der Waals surface area (Å²) in [6, 6.07) is 4.36. The molecule has 0 aromatic carbocycles. The second-order valence-corrected chi connectivity index (χ2v) is 5.77. The van der Waals surface area contributed by atoms with Gasteiger partial charge in [-0.05, 0) is 44.4 Å². The van der Waals surface area contributed by atoms with E-state index in [0.717, 1.165) is 52.2 Å². The third kappa shape index (κ3) is 5.73. The highest BCUT2D eigenvalue weighted by atomic mass is 16.5. The number of nitrogens with one attached hydrogen (secondary N) is 1. The Balaban J connectivity index is 1.73. The molecule has 0 bridgehead atoms. The van der Waals surface area contributed by atoms with E-state index in [2.05, 4.69) is 41.2 Å². The second kappa shape index (κ2) is 9.13. The Kier molecular flexibility index (Phi) is 7.13. The summed E-state index contributed by atoms with van der Waals surface area (Å²) in [5.74, 6) is 0. The number of hydrogen-bond donors (Lipinski definition) is 1. The van der Waals surface area contributed by atoms with Gasteiger partial charge in [0.1, 0.15) is 0 Å². The fraction of sp³-hybridized carbons (Fsp3) is 0.706. The molecular weight excluding hydrogens is 262 g/mol. The fourth-order valence-corrected chi connectivity index (χ4v) is 2.76. The van der Waals surface area contributed by atoms with Crippen LogP contribution < -0.4 is 5.32 Å². The molecule has 1 aliphatic rings. The van der Waals surface area contributed by atoms with Crippen molar-refractivity contribution in [2.75, 3.05) is 26.2 Å². The molecule has 0 saturated carbocycles. The molecule has 21 heavy (non-hydrogen) atoms. The van der Waals surface area contributed by atoms with Crippen molar-refractivity contribution in [3.05, 3.63) is 29.6 Å². The molecule has 0 unspecified atom stereocenters. The van der Waals surface area contributed by atoms with Crippen molar-refractivity contribution < 1.29 is 4.74 Å². The number of aromatic nitrogens is 1. The first-order valence-corrected chi connectivity index (χ1v) is 8.30. The molecule has 1 aromatic rings. The first kappa shape index (κ1) is 16.4. The van der Waals surface area contributed by atoms with Gasteiger partial charge in [0.05, 0.1) is 11.8 Å². The number of pyridine rings is 1. The Hall–Kier alpha value is -0.970. The lowest BCUT2D eigenvalue weighted by Gasteiger charge is -2.31. The summed E-state index contributed by atoms with van der Waals surface area (Å²) in [5, 5.41) is 3.40. The molecule has 2 rings (SSSR count). The van der Waals surface area contributed by atoms with E-state index in [0.29, 0.717) is 6.10 Å². The molecule has 1 fully saturated rings. The molecule has 0 radical (unpaired) electrons. The topological polar surface area (TPSA) is 37.4 Å². The molecule has 4 heteroatoms. The van der Waals surface area contributed by atoms with Crippen molar-refractivity contribution in [1.29, 1.82) is 0 Å². The highest BCUT2D eigenvalue weighted by Gasteiger charge is 2.19. The molecule has 1 saturated heterocycles. The quantitative estimate of drug-likeness (QED) is 0.747. The fourth-order valence-electron chi connectivity index (χ4n) is 2.76. The lowest BCUT2D eigenvalue weighted by atomic mass is 10.1. The smallest absolute Gasteiger partial charge is 0.0599 e. The van der Waals surface area contributed by atoms with Gasteiger partial charge >= 0.3 is 0 Å². The van der Waals surface area contributed by atoms with Gasteiger partial charge in [0, 0.05) is 39.0 Å². The van der Waals surface area contributed by atoms with Gasteiger partial charge in [0.15, 0.2) is 0 Å². The Morgan fingerprint density at radius 3 is 2.71 bits per heavy atom. The molecule has 1 aromatic heterocycles. The monoisotopic (exact) mass is 291 g/mol. The van der Waals surface area contributed by atoms with E-state index in [1.54, 1.807) is 0 Å². The third-order valence-corrected chi connectivity index (χ3v) is 3.96. The molecular formula is C17H29N3O. The molecule has 0 atom stereocenters. The lowest BCUT2D eigenvalue weighted by molar-refractivity contribution is 0.0123. The predicted octanol–water partition coefficient (Wildman–Crippen LogP) is 2.58. The third-order valence-electron chi connectivity index (χ3n) is 3.96. The van der Waals surface area contributed by atoms with Gasteiger partial charge in [-0.3, -0.25) is 9.88 Å². The molecule has 1 aliphatic heterocycles. The number of rotatable bonds is 8. The molecule has 118 valence electrons. The Morgan fingerprint density at radius 2 is 2.10 bits per heavy atom. The average Bonchev–Trinajstić information content (AvgIpc) is 2.51. The summed E-state index contributed by atoms with van der Waals surface area (Å²) in [6.07, 6.45) is 5.93. The van der Waals surface area contributed by atoms with E-state index >= 15 is 0 Å². The van der Waals surface area contributed by atoms with Crippen LogP contribution in [0.25, 0.3) is 0 Å². The van der Waals surface area contributed by atoms with E-state index in [4.69, 9.17) is 4.74 Å². The molecule has 1 N–H and O–H groups in total. The Labute approximate surface area is 128 Å². The summed E-state index contributed by atoms with van der Waals surface area (Å²) in [5.41, 5.74) is 2.44. The van der Waals surface area contributed by atoms with Gasteiger partial charge in [-0.15, -0.1) is 0 Å². The van der Waals surface area contributed by atoms with Crippen molar-refractivity contribution in [3.63, 3.8) is 0 Å². The van der Waals surface area contributed by atoms with Crippen LogP contribution in [0.2, 0.25) is 0 Å². The van der Waals surface area contributed by atoms with Crippen LogP contribution in [0.15, 0.2) is 18.3 Å². The van der Waals surface area contributed by atoms with Gasteiger partial charge < -0.3 is 10.1 Å². The zero-order valence-electron chi connectivity index (χ0n) is 13.5. The highest BCUT2D eigenvalue weighted by molar-refractivity contribution is 5.14. The minimum Gasteiger partial charge on any atom is -0.378 e. The average molecular weight is 291 g/mol. The van der Waals surface area contributed by atoms with Crippen molar-refractivity contribution in [2.45, 2.75) is 52.3 Å². The normalized spacial score (nSPS) is 17.2. The highest BCUT2D eigenvalue weighted by Crippen LogP contribution is 2.15.